The molecule has 1 aliphatic carbocycles. The molecule has 0 unspecified atom stereocenters. The predicted octanol–water partition coefficient (Wildman–Crippen LogP) is 4.61. The van der Waals surface area contributed by atoms with Gasteiger partial charge >= 0.3 is 0 Å². The van der Waals surface area contributed by atoms with E-state index in [9.17, 15) is 23.5 Å². The highest BCUT2D eigenvalue weighted by Gasteiger charge is 2.47. The summed E-state index contributed by atoms with van der Waals surface area (Å²) < 4.78 is 62.4. The molecule has 3 heterocycles. The van der Waals surface area contributed by atoms with Gasteiger partial charge in [-0.15, -0.1) is 0 Å². The number of hydrogen-bond donors (Lipinski definition) is 3. The van der Waals surface area contributed by atoms with E-state index in [1.54, 1.807) is 37.3 Å². The second kappa shape index (κ2) is 11.8. The fraction of sp³-hybridized carbons (Fsp3) is 0.278. The van der Waals surface area contributed by atoms with Gasteiger partial charge in [-0.3, -0.25) is 9.59 Å². The standard InChI is InChI=1S/C36H32F3N5O6/c1-34(33(40)46)18-50-31-23(34)14-28(42-30(31)22-13-26(48-2)25(38)15-24(22)37)36(47,21-7-5-4-6-8-21)17-41-32(45)19-11-20-16-44(35(39)9-10-35)43-29(20)27(12-19)49-3/h4-8,11-16,47H,9-10,17-18H2,1-3H3,(H2,40,46)(H,41,45)/t34-,36+/m0/s1. The first kappa shape index (κ1) is 32.9. The maximum Gasteiger partial charge on any atom is 0.251 e. The quantitative estimate of drug-likeness (QED) is 0.193. The van der Waals surface area contributed by atoms with E-state index in [0.29, 0.717) is 35.4 Å². The normalized spacial score (nSPS) is 18.5. The second-order valence-electron chi connectivity index (χ2n) is 12.7. The van der Waals surface area contributed by atoms with Crippen LogP contribution in [0.25, 0.3) is 22.2 Å². The molecule has 7 rings (SSSR count). The van der Waals surface area contributed by atoms with Crippen LogP contribution in [0.5, 0.6) is 17.2 Å². The number of ether oxygens (including phenoxy) is 3. The van der Waals surface area contributed by atoms with Crippen LogP contribution in [0, 0.1) is 11.6 Å². The number of nitrogens with one attached hydrogen (secondary N) is 1. The zero-order valence-electron chi connectivity index (χ0n) is 27.2. The summed E-state index contributed by atoms with van der Waals surface area (Å²) in [7, 11) is 2.63. The summed E-state index contributed by atoms with van der Waals surface area (Å²) in [5.74, 6) is -4.90. The minimum absolute atomic E-state index is 0.0178. The number of hydrogen-bond acceptors (Lipinski definition) is 8. The second-order valence-corrected chi connectivity index (χ2v) is 12.7. The fourth-order valence-corrected chi connectivity index (χ4v) is 6.14. The maximum absolute atomic E-state index is 15.5. The number of rotatable bonds is 10. The number of primary amides is 1. The molecule has 2 amide bonds. The van der Waals surface area contributed by atoms with Crippen molar-refractivity contribution in [1.29, 1.82) is 0 Å². The number of pyridine rings is 1. The lowest BCUT2D eigenvalue weighted by Crippen LogP contribution is -2.43. The monoisotopic (exact) mass is 687 g/mol. The van der Waals surface area contributed by atoms with Crippen molar-refractivity contribution < 1.29 is 42.1 Å². The van der Waals surface area contributed by atoms with E-state index in [2.05, 4.69) is 15.4 Å². The van der Waals surface area contributed by atoms with Crippen LogP contribution < -0.4 is 25.3 Å². The van der Waals surface area contributed by atoms with Crippen molar-refractivity contribution in [3.8, 4) is 28.5 Å². The van der Waals surface area contributed by atoms with E-state index in [1.807, 2.05) is 0 Å². The number of carbonyl (C=O) groups excluding carboxylic acids is 2. The third-order valence-corrected chi connectivity index (χ3v) is 9.42. The molecule has 2 atom stereocenters. The molecule has 2 aromatic heterocycles. The van der Waals surface area contributed by atoms with Crippen LogP contribution in [0.4, 0.5) is 13.2 Å². The minimum Gasteiger partial charge on any atom is -0.494 e. The molecule has 14 heteroatoms. The molecule has 1 saturated carbocycles. The first-order valence-corrected chi connectivity index (χ1v) is 15.7. The van der Waals surface area contributed by atoms with Crippen LogP contribution in [-0.4, -0.2) is 59.1 Å². The van der Waals surface area contributed by atoms with Gasteiger partial charge in [-0.05, 0) is 36.8 Å². The molecular formula is C36H32F3N5O6. The summed E-state index contributed by atoms with van der Waals surface area (Å²) >= 11 is 0. The summed E-state index contributed by atoms with van der Waals surface area (Å²) in [4.78, 5) is 31.1. The van der Waals surface area contributed by atoms with Gasteiger partial charge in [0.1, 0.15) is 46.1 Å². The number of amides is 2. The molecule has 3 aromatic carbocycles. The van der Waals surface area contributed by atoms with Crippen molar-refractivity contribution in [2.75, 3.05) is 27.4 Å². The Balaban J connectivity index is 1.34. The summed E-state index contributed by atoms with van der Waals surface area (Å²) in [6.07, 6.45) is 2.18. The summed E-state index contributed by atoms with van der Waals surface area (Å²) in [5, 5.41) is 20.1. The Labute approximate surface area is 283 Å². The SMILES string of the molecule is COc1cc(-c2nc([C@@](O)(CNC(=O)c3cc(OC)c4nn(C5(F)CC5)cc4c3)c3ccccc3)cc3c2OC[C@]3(C)C(N)=O)c(F)cc1F. The van der Waals surface area contributed by atoms with Gasteiger partial charge in [0.15, 0.2) is 11.6 Å². The van der Waals surface area contributed by atoms with Crippen LogP contribution in [0.3, 0.4) is 0 Å². The average molecular weight is 688 g/mol. The number of fused-ring (bicyclic) bond motifs is 2. The molecule has 1 fully saturated rings. The molecule has 2 aliphatic rings. The van der Waals surface area contributed by atoms with E-state index in [4.69, 9.17) is 19.9 Å². The molecule has 0 radical (unpaired) electrons. The Morgan fingerprint density at radius 3 is 2.44 bits per heavy atom. The Bertz CT molecular complexity index is 2190. The van der Waals surface area contributed by atoms with Gasteiger partial charge in [0.25, 0.3) is 5.91 Å². The van der Waals surface area contributed by atoms with E-state index in [1.165, 1.54) is 43.3 Å². The van der Waals surface area contributed by atoms with E-state index in [0.717, 1.165) is 6.07 Å². The number of halogens is 3. The Morgan fingerprint density at radius 2 is 1.78 bits per heavy atom. The smallest absolute Gasteiger partial charge is 0.251 e. The highest BCUT2D eigenvalue weighted by molar-refractivity contribution is 6.00. The van der Waals surface area contributed by atoms with Crippen LogP contribution in [0.15, 0.2) is 66.9 Å². The first-order valence-electron chi connectivity index (χ1n) is 15.7. The average Bonchev–Trinajstić information content (AvgIpc) is 3.54. The minimum atomic E-state index is -2.09. The van der Waals surface area contributed by atoms with Crippen molar-refractivity contribution in [2.24, 2.45) is 5.73 Å². The van der Waals surface area contributed by atoms with Gasteiger partial charge in [0, 0.05) is 47.2 Å². The molecule has 0 spiro atoms. The number of aromatic nitrogens is 3. The lowest BCUT2D eigenvalue weighted by molar-refractivity contribution is -0.123. The molecule has 4 N–H and O–H groups in total. The van der Waals surface area contributed by atoms with Crippen LogP contribution in [0.1, 0.15) is 46.9 Å². The Hall–Kier alpha value is -5.63. The number of methoxy groups -OCH3 is 2. The van der Waals surface area contributed by atoms with Crippen molar-refractivity contribution >= 4 is 22.7 Å². The number of nitrogens with two attached hydrogens (primary N) is 1. The van der Waals surface area contributed by atoms with Crippen molar-refractivity contribution in [1.82, 2.24) is 20.1 Å². The Morgan fingerprint density at radius 1 is 1.06 bits per heavy atom. The highest BCUT2D eigenvalue weighted by atomic mass is 19.2. The molecular weight excluding hydrogens is 655 g/mol. The van der Waals surface area contributed by atoms with Gasteiger partial charge < -0.3 is 30.4 Å². The van der Waals surface area contributed by atoms with Crippen LogP contribution in [-0.2, 0) is 21.6 Å². The largest absolute Gasteiger partial charge is 0.494 e. The molecule has 0 saturated heterocycles. The van der Waals surface area contributed by atoms with Crippen molar-refractivity contribution in [3.63, 3.8) is 0 Å². The predicted molar refractivity (Wildman–Crippen MR) is 175 cm³/mol. The molecule has 258 valence electrons. The first-order chi connectivity index (χ1) is 23.8. The number of aliphatic hydroxyl groups is 1. The number of alkyl halides is 1. The zero-order chi connectivity index (χ0) is 35.6. The lowest BCUT2D eigenvalue weighted by Gasteiger charge is -2.30. The molecule has 11 nitrogen and oxygen atoms in total. The third-order valence-electron chi connectivity index (χ3n) is 9.42. The topological polar surface area (TPSA) is 151 Å². The summed E-state index contributed by atoms with van der Waals surface area (Å²) in [5.41, 5.74) is 2.88. The maximum atomic E-state index is 15.5. The lowest BCUT2D eigenvalue weighted by atomic mass is 9.80. The van der Waals surface area contributed by atoms with Crippen LogP contribution in [0.2, 0.25) is 0 Å². The van der Waals surface area contributed by atoms with Gasteiger partial charge in [0.2, 0.25) is 11.7 Å². The number of benzene rings is 3. The molecule has 5 aromatic rings. The van der Waals surface area contributed by atoms with Gasteiger partial charge in [-0.1, -0.05) is 30.3 Å². The van der Waals surface area contributed by atoms with Crippen molar-refractivity contribution in [2.45, 2.75) is 36.6 Å². The number of carbonyl (C=O) groups is 2. The van der Waals surface area contributed by atoms with Gasteiger partial charge in [-0.25, -0.2) is 22.8 Å². The summed E-state index contributed by atoms with van der Waals surface area (Å²) in [6, 6.07) is 14.5. The van der Waals surface area contributed by atoms with E-state index < -0.39 is 46.8 Å². The van der Waals surface area contributed by atoms with Crippen LogP contribution >= 0.6 is 0 Å². The van der Waals surface area contributed by atoms with E-state index in [-0.39, 0.29) is 51.9 Å². The van der Waals surface area contributed by atoms with Gasteiger partial charge in [-0.2, -0.15) is 5.10 Å². The highest BCUT2D eigenvalue weighted by Crippen LogP contribution is 2.48. The summed E-state index contributed by atoms with van der Waals surface area (Å²) in [6.45, 7) is 0.873. The number of nitrogens with zero attached hydrogens (tertiary/aromatic N) is 3. The zero-order valence-corrected chi connectivity index (χ0v) is 27.2. The fourth-order valence-electron chi connectivity index (χ4n) is 6.14. The van der Waals surface area contributed by atoms with E-state index >= 15 is 4.39 Å². The molecule has 0 bridgehead atoms. The Kier molecular flexibility index (Phi) is 7.74. The molecule has 1 aliphatic heterocycles. The third kappa shape index (κ3) is 5.26. The molecule has 50 heavy (non-hydrogen) atoms. The van der Waals surface area contributed by atoms with Gasteiger partial charge in [0.05, 0.1) is 26.5 Å². The van der Waals surface area contributed by atoms with Crippen molar-refractivity contribution in [3.05, 3.63) is 101 Å².